The topological polar surface area (TPSA) is 60.2 Å². The van der Waals surface area contributed by atoms with Crippen molar-refractivity contribution in [2.75, 3.05) is 20.2 Å². The standard InChI is InChI=1S/C15H20ClN3O2/c1-3-8-17-9-4-5-14-18-19-15(21-14)12-10-11(16)6-7-13(12)20-2/h6-7,10,17H,3-5,8-9H2,1-2H3. The number of methoxy groups -OCH3 is 1. The van der Waals surface area contributed by atoms with Crippen LogP contribution in [-0.2, 0) is 6.42 Å². The first-order valence-electron chi connectivity index (χ1n) is 7.11. The van der Waals surface area contributed by atoms with Crippen LogP contribution >= 0.6 is 11.6 Å². The SMILES string of the molecule is CCCNCCCc1nnc(-c2cc(Cl)ccc2OC)o1. The molecule has 1 aromatic carbocycles. The van der Waals surface area contributed by atoms with Crippen LogP contribution in [0.1, 0.15) is 25.7 Å². The van der Waals surface area contributed by atoms with Gasteiger partial charge in [0.1, 0.15) is 5.75 Å². The number of nitrogens with one attached hydrogen (secondary N) is 1. The Hall–Kier alpha value is -1.59. The van der Waals surface area contributed by atoms with Crippen molar-refractivity contribution in [3.63, 3.8) is 0 Å². The van der Waals surface area contributed by atoms with Gasteiger partial charge in [0, 0.05) is 11.4 Å². The third kappa shape index (κ3) is 4.44. The zero-order chi connectivity index (χ0) is 15.1. The maximum atomic E-state index is 6.01. The molecular formula is C15H20ClN3O2. The lowest BCUT2D eigenvalue weighted by atomic mass is 10.2. The van der Waals surface area contributed by atoms with Gasteiger partial charge in [-0.2, -0.15) is 0 Å². The van der Waals surface area contributed by atoms with E-state index in [0.717, 1.165) is 32.4 Å². The summed E-state index contributed by atoms with van der Waals surface area (Å²) in [4.78, 5) is 0. The summed E-state index contributed by atoms with van der Waals surface area (Å²) in [5.41, 5.74) is 0.716. The second-order valence-electron chi connectivity index (χ2n) is 4.70. The average Bonchev–Trinajstić information content (AvgIpc) is 2.96. The highest BCUT2D eigenvalue weighted by molar-refractivity contribution is 6.30. The molecule has 1 aromatic heterocycles. The first kappa shape index (κ1) is 15.8. The fourth-order valence-corrected chi connectivity index (χ4v) is 2.15. The van der Waals surface area contributed by atoms with E-state index in [-0.39, 0.29) is 0 Å². The van der Waals surface area contributed by atoms with Crippen molar-refractivity contribution in [3.05, 3.63) is 29.1 Å². The quantitative estimate of drug-likeness (QED) is 0.758. The Morgan fingerprint density at radius 2 is 2.14 bits per heavy atom. The Morgan fingerprint density at radius 3 is 2.90 bits per heavy atom. The van der Waals surface area contributed by atoms with Gasteiger partial charge in [-0.05, 0) is 44.1 Å². The van der Waals surface area contributed by atoms with Crippen LogP contribution in [0, 0.1) is 0 Å². The molecule has 114 valence electrons. The summed E-state index contributed by atoms with van der Waals surface area (Å²) in [7, 11) is 1.60. The third-order valence-corrected chi connectivity index (χ3v) is 3.26. The van der Waals surface area contributed by atoms with Crippen molar-refractivity contribution >= 4 is 11.6 Å². The molecule has 0 aliphatic rings. The highest BCUT2D eigenvalue weighted by atomic mass is 35.5. The molecule has 0 spiro atoms. The molecule has 0 fully saturated rings. The highest BCUT2D eigenvalue weighted by Gasteiger charge is 2.14. The Morgan fingerprint density at radius 1 is 1.29 bits per heavy atom. The summed E-state index contributed by atoms with van der Waals surface area (Å²) in [6.07, 6.45) is 2.86. The average molecular weight is 310 g/mol. The summed E-state index contributed by atoms with van der Waals surface area (Å²) >= 11 is 6.01. The zero-order valence-corrected chi connectivity index (χ0v) is 13.1. The molecule has 0 atom stereocenters. The molecule has 21 heavy (non-hydrogen) atoms. The first-order valence-corrected chi connectivity index (χ1v) is 7.49. The lowest BCUT2D eigenvalue weighted by molar-refractivity contribution is 0.413. The zero-order valence-electron chi connectivity index (χ0n) is 12.4. The molecule has 2 rings (SSSR count). The third-order valence-electron chi connectivity index (χ3n) is 3.03. The summed E-state index contributed by atoms with van der Waals surface area (Å²) in [5, 5.41) is 12.1. The van der Waals surface area contributed by atoms with E-state index in [2.05, 4.69) is 22.4 Å². The second-order valence-corrected chi connectivity index (χ2v) is 5.14. The molecule has 1 N–H and O–H groups in total. The van der Waals surface area contributed by atoms with Gasteiger partial charge in [0.25, 0.3) is 5.89 Å². The van der Waals surface area contributed by atoms with Crippen LogP contribution in [-0.4, -0.2) is 30.4 Å². The lowest BCUT2D eigenvalue weighted by Gasteiger charge is -2.04. The van der Waals surface area contributed by atoms with Gasteiger partial charge in [0.05, 0.1) is 12.7 Å². The van der Waals surface area contributed by atoms with E-state index < -0.39 is 0 Å². The first-order chi connectivity index (χ1) is 10.2. The summed E-state index contributed by atoms with van der Waals surface area (Å²) in [6.45, 7) is 4.14. The van der Waals surface area contributed by atoms with E-state index in [9.17, 15) is 0 Å². The van der Waals surface area contributed by atoms with Crippen molar-refractivity contribution < 1.29 is 9.15 Å². The molecule has 6 heteroatoms. The van der Waals surface area contributed by atoms with Crippen LogP contribution in [0.4, 0.5) is 0 Å². The molecule has 0 radical (unpaired) electrons. The Kier molecular flexibility index (Phi) is 6.02. The monoisotopic (exact) mass is 309 g/mol. The van der Waals surface area contributed by atoms with Crippen molar-refractivity contribution in [1.29, 1.82) is 0 Å². The van der Waals surface area contributed by atoms with Crippen LogP contribution in [0.5, 0.6) is 5.75 Å². The predicted octanol–water partition coefficient (Wildman–Crippen LogP) is 3.33. The summed E-state index contributed by atoms with van der Waals surface area (Å²) in [5.74, 6) is 1.73. The molecule has 2 aromatic rings. The number of halogens is 1. The molecule has 0 unspecified atom stereocenters. The van der Waals surface area contributed by atoms with Crippen molar-refractivity contribution in [1.82, 2.24) is 15.5 Å². The van der Waals surface area contributed by atoms with Gasteiger partial charge in [-0.25, -0.2) is 0 Å². The number of hydrogen-bond donors (Lipinski definition) is 1. The molecule has 5 nitrogen and oxygen atoms in total. The van der Waals surface area contributed by atoms with Crippen molar-refractivity contribution in [2.45, 2.75) is 26.2 Å². The van der Waals surface area contributed by atoms with E-state index in [4.69, 9.17) is 20.8 Å². The van der Waals surface area contributed by atoms with E-state index in [1.54, 1.807) is 25.3 Å². The summed E-state index contributed by atoms with van der Waals surface area (Å²) in [6, 6.07) is 5.32. The van der Waals surface area contributed by atoms with Gasteiger partial charge >= 0.3 is 0 Å². The second kappa shape index (κ2) is 8.00. The Labute approximate surface area is 129 Å². The number of aromatic nitrogens is 2. The van der Waals surface area contributed by atoms with Crippen LogP contribution in [0.15, 0.2) is 22.6 Å². The molecule has 0 saturated heterocycles. The predicted molar refractivity (Wildman–Crippen MR) is 82.8 cm³/mol. The minimum absolute atomic E-state index is 0.436. The smallest absolute Gasteiger partial charge is 0.251 e. The van der Waals surface area contributed by atoms with E-state index in [0.29, 0.717) is 28.1 Å². The molecule has 1 heterocycles. The van der Waals surface area contributed by atoms with Crippen LogP contribution in [0.25, 0.3) is 11.5 Å². The molecule has 0 bridgehead atoms. The number of benzene rings is 1. The van der Waals surface area contributed by atoms with E-state index in [1.807, 2.05) is 0 Å². The number of rotatable bonds is 8. The van der Waals surface area contributed by atoms with Crippen molar-refractivity contribution in [3.8, 4) is 17.2 Å². The maximum Gasteiger partial charge on any atom is 0.251 e. The minimum atomic E-state index is 0.436. The van der Waals surface area contributed by atoms with Crippen molar-refractivity contribution in [2.24, 2.45) is 0 Å². The largest absolute Gasteiger partial charge is 0.496 e. The fourth-order valence-electron chi connectivity index (χ4n) is 1.98. The van der Waals surface area contributed by atoms with Gasteiger partial charge in [0.15, 0.2) is 0 Å². The molecule has 0 aliphatic heterocycles. The minimum Gasteiger partial charge on any atom is -0.496 e. The van der Waals surface area contributed by atoms with E-state index in [1.165, 1.54) is 0 Å². The highest BCUT2D eigenvalue weighted by Crippen LogP contribution is 2.31. The van der Waals surface area contributed by atoms with Gasteiger partial charge < -0.3 is 14.5 Å². The summed E-state index contributed by atoms with van der Waals surface area (Å²) < 4.78 is 11.0. The normalized spacial score (nSPS) is 10.8. The van der Waals surface area contributed by atoms with Gasteiger partial charge in [-0.3, -0.25) is 0 Å². The number of ether oxygens (including phenoxy) is 1. The Balaban J connectivity index is 2.01. The molecule has 0 saturated carbocycles. The molecule has 0 amide bonds. The fraction of sp³-hybridized carbons (Fsp3) is 0.467. The number of aryl methyl sites for hydroxylation is 1. The van der Waals surface area contributed by atoms with Gasteiger partial charge in [0.2, 0.25) is 5.89 Å². The lowest BCUT2D eigenvalue weighted by Crippen LogP contribution is -2.16. The molecule has 0 aliphatic carbocycles. The van der Waals surface area contributed by atoms with Crippen LogP contribution < -0.4 is 10.1 Å². The Bertz CT molecular complexity index is 572. The number of hydrogen-bond acceptors (Lipinski definition) is 5. The number of nitrogens with zero attached hydrogens (tertiary/aromatic N) is 2. The van der Waals surface area contributed by atoms with Crippen LogP contribution in [0.3, 0.4) is 0 Å². The van der Waals surface area contributed by atoms with E-state index >= 15 is 0 Å². The van der Waals surface area contributed by atoms with Gasteiger partial charge in [-0.1, -0.05) is 18.5 Å². The van der Waals surface area contributed by atoms with Crippen LogP contribution in [0.2, 0.25) is 5.02 Å². The molecular weight excluding hydrogens is 290 g/mol. The maximum absolute atomic E-state index is 6.01. The van der Waals surface area contributed by atoms with Gasteiger partial charge in [-0.15, -0.1) is 10.2 Å².